The Kier molecular flexibility index (Phi) is 4.46. The van der Waals surface area contributed by atoms with Crippen LogP contribution in [-0.4, -0.2) is 5.11 Å². The van der Waals surface area contributed by atoms with E-state index in [-0.39, 0.29) is 5.75 Å². The summed E-state index contributed by atoms with van der Waals surface area (Å²) in [4.78, 5) is 0. The largest absolute Gasteiger partial charge is 0.508 e. The summed E-state index contributed by atoms with van der Waals surface area (Å²) in [6.45, 7) is 6.56. The van der Waals surface area contributed by atoms with Crippen LogP contribution in [0.3, 0.4) is 0 Å². The monoisotopic (exact) mass is 268 g/mol. The van der Waals surface area contributed by atoms with E-state index in [2.05, 4.69) is 45.0 Å². The number of furan rings is 1. The molecule has 0 atom stereocenters. The molecule has 0 bridgehead atoms. The number of phenols is 1. The lowest BCUT2D eigenvalue weighted by Crippen LogP contribution is -1.86. The van der Waals surface area contributed by atoms with Gasteiger partial charge in [0.05, 0.1) is 6.26 Å². The normalized spacial score (nSPS) is 10.4. The van der Waals surface area contributed by atoms with Crippen molar-refractivity contribution in [1.82, 2.24) is 0 Å². The van der Waals surface area contributed by atoms with Gasteiger partial charge in [-0.15, -0.1) is 0 Å². The fourth-order valence-electron chi connectivity index (χ4n) is 1.97. The van der Waals surface area contributed by atoms with Gasteiger partial charge in [-0.25, -0.2) is 0 Å². The molecule has 1 aromatic heterocycles. The first-order chi connectivity index (χ1) is 9.56. The highest BCUT2D eigenvalue weighted by Gasteiger charge is 1.96. The van der Waals surface area contributed by atoms with Crippen molar-refractivity contribution in [3.05, 3.63) is 65.9 Å². The van der Waals surface area contributed by atoms with Gasteiger partial charge >= 0.3 is 0 Å². The van der Waals surface area contributed by atoms with Crippen LogP contribution in [0.1, 0.15) is 30.9 Å². The van der Waals surface area contributed by atoms with Gasteiger partial charge in [-0.3, -0.25) is 0 Å². The van der Waals surface area contributed by atoms with Crippen molar-refractivity contribution in [3.8, 4) is 5.75 Å². The van der Waals surface area contributed by atoms with Gasteiger partial charge in [-0.1, -0.05) is 43.7 Å². The summed E-state index contributed by atoms with van der Waals surface area (Å²) in [5, 5.41) is 10.0. The summed E-state index contributed by atoms with van der Waals surface area (Å²) < 4.78 is 5.04. The standard InChI is InChI=1S/C10H14.C8H6O2/c1-8(2)10-6-4-5-9(3)7-10;9-7-2-1-6-3-4-10-8(6)5-7/h4-8H,1-3H3;1-5,9H. The summed E-state index contributed by atoms with van der Waals surface area (Å²) in [6.07, 6.45) is 1.60. The van der Waals surface area contributed by atoms with E-state index in [1.807, 2.05) is 12.1 Å². The van der Waals surface area contributed by atoms with E-state index >= 15 is 0 Å². The average molecular weight is 268 g/mol. The minimum Gasteiger partial charge on any atom is -0.508 e. The molecule has 1 heterocycles. The Bertz CT molecular complexity index is 680. The summed E-state index contributed by atoms with van der Waals surface area (Å²) in [5.74, 6) is 0.891. The molecule has 0 unspecified atom stereocenters. The molecule has 0 saturated heterocycles. The Morgan fingerprint density at radius 2 is 1.80 bits per heavy atom. The van der Waals surface area contributed by atoms with Crippen LogP contribution >= 0.6 is 0 Å². The molecule has 2 aromatic carbocycles. The van der Waals surface area contributed by atoms with Gasteiger partial charge in [0.2, 0.25) is 0 Å². The molecule has 3 rings (SSSR count). The second-order valence-electron chi connectivity index (χ2n) is 5.21. The van der Waals surface area contributed by atoms with Crippen LogP contribution in [0.4, 0.5) is 0 Å². The Morgan fingerprint density at radius 1 is 1.00 bits per heavy atom. The highest BCUT2D eigenvalue weighted by Crippen LogP contribution is 2.19. The smallest absolute Gasteiger partial charge is 0.137 e. The first kappa shape index (κ1) is 14.2. The van der Waals surface area contributed by atoms with Gasteiger partial charge in [0.1, 0.15) is 11.3 Å². The molecule has 0 amide bonds. The zero-order valence-electron chi connectivity index (χ0n) is 12.1. The van der Waals surface area contributed by atoms with Gasteiger partial charge in [-0.2, -0.15) is 0 Å². The second-order valence-corrected chi connectivity index (χ2v) is 5.21. The SMILES string of the molecule is Cc1cccc(C(C)C)c1.Oc1ccc2ccoc2c1. The lowest BCUT2D eigenvalue weighted by atomic mass is 10.0. The van der Waals surface area contributed by atoms with E-state index < -0.39 is 0 Å². The highest BCUT2D eigenvalue weighted by molar-refractivity contribution is 5.78. The zero-order chi connectivity index (χ0) is 14.5. The molecule has 2 nitrogen and oxygen atoms in total. The number of phenolic OH excluding ortho intramolecular Hbond substituents is 1. The number of aryl methyl sites for hydroxylation is 1. The average Bonchev–Trinajstić information content (AvgIpc) is 2.86. The van der Waals surface area contributed by atoms with Crippen LogP contribution in [0.15, 0.2) is 59.2 Å². The van der Waals surface area contributed by atoms with Crippen LogP contribution in [0.2, 0.25) is 0 Å². The maximum absolute atomic E-state index is 8.99. The first-order valence-corrected chi connectivity index (χ1v) is 6.79. The molecule has 1 N–H and O–H groups in total. The Morgan fingerprint density at radius 3 is 2.45 bits per heavy atom. The number of hydrogen-bond acceptors (Lipinski definition) is 2. The number of rotatable bonds is 1. The molecular formula is C18H20O2. The second kappa shape index (κ2) is 6.29. The molecule has 2 heteroatoms. The Hall–Kier alpha value is -2.22. The third-order valence-corrected chi connectivity index (χ3v) is 3.15. The molecule has 0 aliphatic heterocycles. The molecule has 0 fully saturated rings. The van der Waals surface area contributed by atoms with Crippen LogP contribution < -0.4 is 0 Å². The topological polar surface area (TPSA) is 33.4 Å². The molecule has 104 valence electrons. The molecule has 0 radical (unpaired) electrons. The van der Waals surface area contributed by atoms with E-state index in [0.29, 0.717) is 5.92 Å². The maximum atomic E-state index is 8.99. The lowest BCUT2D eigenvalue weighted by Gasteiger charge is -2.04. The number of hydrogen-bond donors (Lipinski definition) is 1. The highest BCUT2D eigenvalue weighted by atomic mass is 16.3. The van der Waals surface area contributed by atoms with E-state index in [1.165, 1.54) is 11.1 Å². The van der Waals surface area contributed by atoms with Crippen LogP contribution in [0.5, 0.6) is 5.75 Å². The molecule has 20 heavy (non-hydrogen) atoms. The van der Waals surface area contributed by atoms with E-state index in [1.54, 1.807) is 18.4 Å². The van der Waals surface area contributed by atoms with E-state index in [0.717, 1.165) is 11.0 Å². The zero-order valence-corrected chi connectivity index (χ0v) is 12.1. The van der Waals surface area contributed by atoms with Crippen molar-refractivity contribution in [2.45, 2.75) is 26.7 Å². The molecular weight excluding hydrogens is 248 g/mol. The fourth-order valence-corrected chi connectivity index (χ4v) is 1.97. The van der Waals surface area contributed by atoms with Gasteiger partial charge in [0.15, 0.2) is 0 Å². The van der Waals surface area contributed by atoms with Gasteiger partial charge < -0.3 is 9.52 Å². The molecule has 0 aliphatic carbocycles. The van der Waals surface area contributed by atoms with E-state index in [9.17, 15) is 0 Å². The van der Waals surface area contributed by atoms with Crippen LogP contribution in [0.25, 0.3) is 11.0 Å². The molecule has 3 aromatic rings. The van der Waals surface area contributed by atoms with Gasteiger partial charge in [0, 0.05) is 11.5 Å². The van der Waals surface area contributed by atoms with Crippen LogP contribution in [0, 0.1) is 6.92 Å². The molecule has 0 spiro atoms. The predicted octanol–water partition coefficient (Wildman–Crippen LogP) is 5.26. The van der Waals surface area contributed by atoms with Crippen molar-refractivity contribution < 1.29 is 9.52 Å². The molecule has 0 saturated carbocycles. The first-order valence-electron chi connectivity index (χ1n) is 6.79. The maximum Gasteiger partial charge on any atom is 0.137 e. The van der Waals surface area contributed by atoms with Crippen molar-refractivity contribution in [2.24, 2.45) is 0 Å². The number of aromatic hydroxyl groups is 1. The minimum atomic E-state index is 0.238. The summed E-state index contributed by atoms with van der Waals surface area (Å²) >= 11 is 0. The number of benzene rings is 2. The molecule has 0 aliphatic rings. The summed E-state index contributed by atoms with van der Waals surface area (Å²) in [6, 6.07) is 15.6. The summed E-state index contributed by atoms with van der Waals surface area (Å²) in [5.41, 5.74) is 3.51. The Labute approximate surface area is 119 Å². The lowest BCUT2D eigenvalue weighted by molar-refractivity contribution is 0.474. The van der Waals surface area contributed by atoms with Crippen molar-refractivity contribution in [2.75, 3.05) is 0 Å². The van der Waals surface area contributed by atoms with Gasteiger partial charge in [0.25, 0.3) is 0 Å². The quantitative estimate of drug-likeness (QED) is 0.653. The third-order valence-electron chi connectivity index (χ3n) is 3.15. The van der Waals surface area contributed by atoms with Gasteiger partial charge in [-0.05, 0) is 36.6 Å². The number of fused-ring (bicyclic) bond motifs is 1. The van der Waals surface area contributed by atoms with Crippen molar-refractivity contribution >= 4 is 11.0 Å². The van der Waals surface area contributed by atoms with Crippen molar-refractivity contribution in [3.63, 3.8) is 0 Å². The predicted molar refractivity (Wildman–Crippen MR) is 83.1 cm³/mol. The van der Waals surface area contributed by atoms with E-state index in [4.69, 9.17) is 9.52 Å². The van der Waals surface area contributed by atoms with Crippen molar-refractivity contribution in [1.29, 1.82) is 0 Å². The minimum absolute atomic E-state index is 0.238. The summed E-state index contributed by atoms with van der Waals surface area (Å²) in [7, 11) is 0. The Balaban J connectivity index is 0.000000147. The fraction of sp³-hybridized carbons (Fsp3) is 0.222. The van der Waals surface area contributed by atoms with Crippen LogP contribution in [-0.2, 0) is 0 Å². The third kappa shape index (κ3) is 3.64.